The van der Waals surface area contributed by atoms with Crippen LogP contribution in [0.3, 0.4) is 0 Å². The second-order valence-electron chi connectivity index (χ2n) is 8.74. The number of amides is 1. The van der Waals surface area contributed by atoms with Crippen molar-refractivity contribution in [1.29, 1.82) is 5.26 Å². The first-order valence-electron chi connectivity index (χ1n) is 10.4. The molecule has 28 heavy (non-hydrogen) atoms. The van der Waals surface area contributed by atoms with Gasteiger partial charge in [0.05, 0.1) is 11.6 Å². The predicted molar refractivity (Wildman–Crippen MR) is 112 cm³/mol. The van der Waals surface area contributed by atoms with Crippen LogP contribution < -0.4 is 0 Å². The Morgan fingerprint density at radius 3 is 2.46 bits per heavy atom. The molecule has 1 aromatic rings. The third-order valence-electron chi connectivity index (χ3n) is 5.39. The Hall–Kier alpha value is -2.06. The normalized spacial score (nSPS) is 16.5. The van der Waals surface area contributed by atoms with Crippen LogP contribution in [-0.2, 0) is 4.74 Å². The molecule has 1 atom stereocenters. The Bertz CT molecular complexity index is 695. The van der Waals surface area contributed by atoms with Gasteiger partial charge in [-0.3, -0.25) is 4.90 Å². The molecule has 1 amide bonds. The van der Waals surface area contributed by atoms with Crippen LogP contribution in [0.25, 0.3) is 0 Å². The molecule has 2 rings (SSSR count). The van der Waals surface area contributed by atoms with Gasteiger partial charge >= 0.3 is 6.09 Å². The highest BCUT2D eigenvalue weighted by molar-refractivity contribution is 5.68. The van der Waals surface area contributed by atoms with E-state index in [1.807, 2.05) is 38.7 Å². The molecule has 0 spiro atoms. The highest BCUT2D eigenvalue weighted by Gasteiger charge is 2.25. The summed E-state index contributed by atoms with van der Waals surface area (Å²) < 4.78 is 5.46. The van der Waals surface area contributed by atoms with Crippen molar-refractivity contribution in [2.24, 2.45) is 0 Å². The summed E-state index contributed by atoms with van der Waals surface area (Å²) in [5.41, 5.74) is 2.74. The maximum atomic E-state index is 12.2. The zero-order valence-corrected chi connectivity index (χ0v) is 18.1. The predicted octanol–water partition coefficient (Wildman–Crippen LogP) is 4.69. The van der Waals surface area contributed by atoms with Gasteiger partial charge in [-0.1, -0.05) is 19.1 Å². The largest absolute Gasteiger partial charge is 0.444 e. The van der Waals surface area contributed by atoms with Gasteiger partial charge in [0.25, 0.3) is 0 Å². The quantitative estimate of drug-likeness (QED) is 0.713. The van der Waals surface area contributed by atoms with Gasteiger partial charge in [-0.25, -0.2) is 4.79 Å². The van der Waals surface area contributed by atoms with Gasteiger partial charge in [-0.15, -0.1) is 0 Å². The summed E-state index contributed by atoms with van der Waals surface area (Å²) in [7, 11) is 0. The smallest absolute Gasteiger partial charge is 0.410 e. The molecule has 0 aromatic heterocycles. The maximum absolute atomic E-state index is 12.2. The molecular formula is C23H35N3O2. The number of carbonyl (C=O) groups is 1. The first kappa shape index (κ1) is 22.2. The molecule has 1 unspecified atom stereocenters. The molecular weight excluding hydrogens is 350 g/mol. The van der Waals surface area contributed by atoms with Crippen molar-refractivity contribution in [3.05, 3.63) is 34.9 Å². The number of aryl methyl sites for hydroxylation is 1. The Balaban J connectivity index is 1.77. The summed E-state index contributed by atoms with van der Waals surface area (Å²) in [6, 6.07) is 8.48. The van der Waals surface area contributed by atoms with Gasteiger partial charge in [-0.05, 0) is 76.6 Å². The van der Waals surface area contributed by atoms with Crippen LogP contribution in [0.1, 0.15) is 69.6 Å². The lowest BCUT2D eigenvalue weighted by atomic mass is 9.90. The molecule has 1 fully saturated rings. The maximum Gasteiger partial charge on any atom is 0.410 e. The number of benzene rings is 1. The van der Waals surface area contributed by atoms with E-state index < -0.39 is 5.60 Å². The zero-order chi connectivity index (χ0) is 20.7. The molecule has 1 saturated heterocycles. The van der Waals surface area contributed by atoms with Gasteiger partial charge in [-0.2, -0.15) is 5.26 Å². The van der Waals surface area contributed by atoms with Gasteiger partial charge < -0.3 is 9.64 Å². The van der Waals surface area contributed by atoms with Crippen LogP contribution in [0.15, 0.2) is 18.2 Å². The van der Waals surface area contributed by atoms with E-state index in [1.165, 1.54) is 5.56 Å². The molecule has 5 nitrogen and oxygen atoms in total. The molecule has 1 aliphatic rings. The summed E-state index contributed by atoms with van der Waals surface area (Å²) in [6.07, 6.45) is 3.20. The number of nitrogens with zero attached hydrogens (tertiary/aromatic N) is 3. The van der Waals surface area contributed by atoms with E-state index in [0.29, 0.717) is 5.92 Å². The van der Waals surface area contributed by atoms with Crippen LogP contribution in [0.5, 0.6) is 0 Å². The summed E-state index contributed by atoms with van der Waals surface area (Å²) in [5.74, 6) is 0.537. The summed E-state index contributed by atoms with van der Waals surface area (Å²) >= 11 is 0. The lowest BCUT2D eigenvalue weighted by Crippen LogP contribution is -2.50. The van der Waals surface area contributed by atoms with Gasteiger partial charge in [0, 0.05) is 26.2 Å². The molecule has 0 radical (unpaired) electrons. The third-order valence-corrected chi connectivity index (χ3v) is 5.39. The average Bonchev–Trinajstić information content (AvgIpc) is 2.64. The number of hydrogen-bond donors (Lipinski definition) is 0. The van der Waals surface area contributed by atoms with Gasteiger partial charge in [0.15, 0.2) is 0 Å². The topological polar surface area (TPSA) is 56.6 Å². The lowest BCUT2D eigenvalue weighted by molar-refractivity contribution is 0.0144. The highest BCUT2D eigenvalue weighted by atomic mass is 16.6. The number of hydrogen-bond acceptors (Lipinski definition) is 4. The van der Waals surface area contributed by atoms with Crippen LogP contribution >= 0.6 is 0 Å². The van der Waals surface area contributed by atoms with Crippen LogP contribution in [-0.4, -0.2) is 54.2 Å². The Morgan fingerprint density at radius 2 is 1.93 bits per heavy atom. The summed E-state index contributed by atoms with van der Waals surface area (Å²) in [5, 5.41) is 9.11. The van der Waals surface area contributed by atoms with Crippen molar-refractivity contribution in [3.8, 4) is 6.07 Å². The molecule has 5 heteroatoms. The second kappa shape index (κ2) is 9.93. The van der Waals surface area contributed by atoms with E-state index in [4.69, 9.17) is 10.00 Å². The molecule has 0 bridgehead atoms. The lowest BCUT2D eigenvalue weighted by Gasteiger charge is -2.35. The second-order valence-corrected chi connectivity index (χ2v) is 8.74. The summed E-state index contributed by atoms with van der Waals surface area (Å²) in [4.78, 5) is 16.4. The standard InChI is InChI=1S/C23H35N3O2/c1-6-19(20-9-10-21(17-24)18(2)16-20)8-7-11-25-12-14-26(15-13-25)22(27)28-23(3,4)5/h9-10,16,19H,6-8,11-15H2,1-5H3. The zero-order valence-electron chi connectivity index (χ0n) is 18.1. The van der Waals surface area contributed by atoms with Crippen LogP contribution in [0.2, 0.25) is 0 Å². The van der Waals surface area contributed by atoms with E-state index in [0.717, 1.165) is 63.1 Å². The fourth-order valence-electron chi connectivity index (χ4n) is 3.71. The molecule has 154 valence electrons. The fraction of sp³-hybridized carbons (Fsp3) is 0.652. The number of ether oxygens (including phenoxy) is 1. The van der Waals surface area contributed by atoms with Crippen molar-refractivity contribution in [2.75, 3.05) is 32.7 Å². The molecule has 1 aliphatic heterocycles. The third kappa shape index (κ3) is 6.53. The summed E-state index contributed by atoms with van der Waals surface area (Å²) in [6.45, 7) is 14.3. The monoisotopic (exact) mass is 385 g/mol. The van der Waals surface area contributed by atoms with Crippen molar-refractivity contribution >= 4 is 6.09 Å². The number of nitriles is 1. The van der Waals surface area contributed by atoms with E-state index in [1.54, 1.807) is 0 Å². The van der Waals surface area contributed by atoms with Crippen molar-refractivity contribution in [1.82, 2.24) is 9.80 Å². The highest BCUT2D eigenvalue weighted by Crippen LogP contribution is 2.26. The minimum Gasteiger partial charge on any atom is -0.444 e. The fourth-order valence-corrected chi connectivity index (χ4v) is 3.71. The molecule has 1 heterocycles. The molecule has 0 N–H and O–H groups in total. The van der Waals surface area contributed by atoms with Gasteiger partial charge in [0.2, 0.25) is 0 Å². The van der Waals surface area contributed by atoms with Crippen molar-refractivity contribution in [2.45, 2.75) is 65.4 Å². The van der Waals surface area contributed by atoms with Gasteiger partial charge in [0.1, 0.15) is 5.60 Å². The van der Waals surface area contributed by atoms with E-state index >= 15 is 0 Å². The molecule has 0 aliphatic carbocycles. The number of rotatable bonds is 6. The Labute approximate surface area is 170 Å². The Morgan fingerprint density at radius 1 is 1.25 bits per heavy atom. The van der Waals surface area contributed by atoms with Crippen LogP contribution in [0.4, 0.5) is 4.79 Å². The minimum atomic E-state index is -0.437. The van der Waals surface area contributed by atoms with Crippen molar-refractivity contribution < 1.29 is 9.53 Å². The number of piperazine rings is 1. The number of carbonyl (C=O) groups excluding carboxylic acids is 1. The molecule has 0 saturated carbocycles. The Kier molecular flexibility index (Phi) is 7.88. The first-order valence-corrected chi connectivity index (χ1v) is 10.4. The average molecular weight is 386 g/mol. The molecule has 1 aromatic carbocycles. The first-order chi connectivity index (χ1) is 13.2. The van der Waals surface area contributed by atoms with Crippen LogP contribution in [0, 0.1) is 18.3 Å². The van der Waals surface area contributed by atoms with E-state index in [-0.39, 0.29) is 6.09 Å². The van der Waals surface area contributed by atoms with E-state index in [2.05, 4.69) is 30.0 Å². The SMILES string of the molecule is CCC(CCCN1CCN(C(=O)OC(C)(C)C)CC1)c1ccc(C#N)c(C)c1. The van der Waals surface area contributed by atoms with Crippen molar-refractivity contribution in [3.63, 3.8) is 0 Å². The van der Waals surface area contributed by atoms with E-state index in [9.17, 15) is 4.79 Å². The minimum absolute atomic E-state index is 0.200.